The highest BCUT2D eigenvalue weighted by atomic mass is 16.5. The lowest BCUT2D eigenvalue weighted by atomic mass is 9.64. The van der Waals surface area contributed by atoms with Crippen LogP contribution in [0.5, 0.6) is 0 Å². The third kappa shape index (κ3) is 9.83. The molecule has 0 aliphatic heterocycles. The summed E-state index contributed by atoms with van der Waals surface area (Å²) < 4.78 is 5.63. The van der Waals surface area contributed by atoms with Crippen LogP contribution in [0.2, 0.25) is 0 Å². The van der Waals surface area contributed by atoms with Gasteiger partial charge in [0, 0.05) is 13.5 Å². The summed E-state index contributed by atoms with van der Waals surface area (Å²) in [5, 5.41) is 18.1. The topological polar surface area (TPSA) is 49.7 Å². The Bertz CT molecular complexity index is 344. The van der Waals surface area contributed by atoms with Gasteiger partial charge in [0.1, 0.15) is 5.76 Å². The predicted octanol–water partition coefficient (Wildman–Crippen LogP) is 5.55. The van der Waals surface area contributed by atoms with Crippen LogP contribution < -0.4 is 0 Å². The molecule has 3 heteroatoms. The minimum atomic E-state index is -0.487. The molecular formula is C20H38O3. The van der Waals surface area contributed by atoms with Gasteiger partial charge in [-0.1, -0.05) is 59.1 Å². The van der Waals surface area contributed by atoms with E-state index in [9.17, 15) is 5.11 Å². The molecule has 3 aliphatic carbocycles. The molecule has 0 spiro atoms. The fourth-order valence-electron chi connectivity index (χ4n) is 3.42. The van der Waals surface area contributed by atoms with Crippen LogP contribution in [0.4, 0.5) is 0 Å². The van der Waals surface area contributed by atoms with Crippen LogP contribution in [0.15, 0.2) is 25.0 Å². The summed E-state index contributed by atoms with van der Waals surface area (Å²) in [6, 6.07) is 0. The SMILES string of the molecule is C1CC1.C=CC(=C)O.CC.COC12CCCC(CC(C)(O)C1)C2. The Hall–Kier alpha value is -0.800. The molecule has 0 aromatic heterocycles. The molecular weight excluding hydrogens is 288 g/mol. The van der Waals surface area contributed by atoms with Gasteiger partial charge < -0.3 is 14.9 Å². The normalized spacial score (nSPS) is 33.3. The molecule has 3 fully saturated rings. The van der Waals surface area contributed by atoms with Gasteiger partial charge in [-0.15, -0.1) is 0 Å². The van der Waals surface area contributed by atoms with Gasteiger partial charge in [-0.2, -0.15) is 0 Å². The number of ether oxygens (including phenoxy) is 1. The van der Waals surface area contributed by atoms with Gasteiger partial charge >= 0.3 is 0 Å². The van der Waals surface area contributed by atoms with E-state index in [4.69, 9.17) is 9.84 Å². The summed E-state index contributed by atoms with van der Waals surface area (Å²) in [4.78, 5) is 0. The third-order valence-electron chi connectivity index (χ3n) is 4.36. The maximum absolute atomic E-state index is 10.1. The van der Waals surface area contributed by atoms with Crippen molar-refractivity contribution in [1.82, 2.24) is 0 Å². The number of allylic oxidation sites excluding steroid dienone is 1. The average molecular weight is 327 g/mol. The van der Waals surface area contributed by atoms with Gasteiger partial charge in [0.25, 0.3) is 0 Å². The minimum Gasteiger partial charge on any atom is -0.509 e. The first-order valence-electron chi connectivity index (χ1n) is 9.10. The van der Waals surface area contributed by atoms with Crippen LogP contribution in [-0.2, 0) is 4.74 Å². The van der Waals surface area contributed by atoms with Crippen LogP contribution in [-0.4, -0.2) is 28.5 Å². The molecule has 23 heavy (non-hydrogen) atoms. The first-order chi connectivity index (χ1) is 10.8. The van der Waals surface area contributed by atoms with Gasteiger partial charge in [0.05, 0.1) is 11.2 Å². The number of aliphatic hydroxyl groups excluding tert-OH is 1. The Morgan fingerprint density at radius 3 is 2.09 bits per heavy atom. The lowest BCUT2D eigenvalue weighted by molar-refractivity contribution is -0.148. The van der Waals surface area contributed by atoms with Crippen molar-refractivity contribution in [3.05, 3.63) is 25.0 Å². The lowest BCUT2D eigenvalue weighted by Crippen LogP contribution is -2.50. The van der Waals surface area contributed by atoms with Crippen LogP contribution in [0, 0.1) is 5.92 Å². The van der Waals surface area contributed by atoms with E-state index < -0.39 is 5.60 Å². The predicted molar refractivity (Wildman–Crippen MR) is 98.7 cm³/mol. The summed E-state index contributed by atoms with van der Waals surface area (Å²) in [7, 11) is 1.80. The molecule has 2 N–H and O–H groups in total. The molecule has 3 aliphatic rings. The van der Waals surface area contributed by atoms with E-state index in [1.54, 1.807) is 7.11 Å². The zero-order valence-corrected chi connectivity index (χ0v) is 15.7. The van der Waals surface area contributed by atoms with Crippen molar-refractivity contribution in [3.63, 3.8) is 0 Å². The molecule has 3 atom stereocenters. The summed E-state index contributed by atoms with van der Waals surface area (Å²) in [6.07, 6.45) is 12.4. The first kappa shape index (κ1) is 22.2. The Kier molecular flexibility index (Phi) is 10.5. The van der Waals surface area contributed by atoms with E-state index in [2.05, 4.69) is 13.2 Å². The molecule has 3 saturated carbocycles. The van der Waals surface area contributed by atoms with Gasteiger partial charge in [-0.05, 0) is 38.2 Å². The van der Waals surface area contributed by atoms with E-state index in [1.807, 2.05) is 20.8 Å². The molecule has 0 aromatic carbocycles. The smallest absolute Gasteiger partial charge is 0.107 e. The van der Waals surface area contributed by atoms with E-state index in [1.165, 1.54) is 44.6 Å². The van der Waals surface area contributed by atoms with Crippen molar-refractivity contribution < 1.29 is 14.9 Å². The second-order valence-electron chi connectivity index (χ2n) is 6.98. The zero-order chi connectivity index (χ0) is 17.9. The van der Waals surface area contributed by atoms with Crippen LogP contribution >= 0.6 is 0 Å². The fraction of sp³-hybridized carbons (Fsp3) is 0.800. The van der Waals surface area contributed by atoms with Crippen molar-refractivity contribution in [2.24, 2.45) is 5.92 Å². The van der Waals surface area contributed by atoms with Gasteiger partial charge in [0.2, 0.25) is 0 Å². The number of aliphatic hydroxyl groups is 2. The molecule has 0 radical (unpaired) electrons. The number of rotatable bonds is 2. The van der Waals surface area contributed by atoms with Crippen molar-refractivity contribution in [2.75, 3.05) is 7.11 Å². The molecule has 0 amide bonds. The van der Waals surface area contributed by atoms with Crippen LogP contribution in [0.3, 0.4) is 0 Å². The summed E-state index contributed by atoms with van der Waals surface area (Å²) in [6.45, 7) is 12.3. The second kappa shape index (κ2) is 10.9. The Morgan fingerprint density at radius 2 is 1.70 bits per heavy atom. The summed E-state index contributed by atoms with van der Waals surface area (Å²) in [5.41, 5.74) is -0.482. The highest BCUT2D eigenvalue weighted by Gasteiger charge is 2.47. The zero-order valence-electron chi connectivity index (χ0n) is 15.7. The second-order valence-corrected chi connectivity index (χ2v) is 6.98. The van der Waals surface area contributed by atoms with E-state index >= 15 is 0 Å². The minimum absolute atomic E-state index is 0.00463. The van der Waals surface area contributed by atoms with Crippen LogP contribution in [0.1, 0.15) is 78.6 Å². The third-order valence-corrected chi connectivity index (χ3v) is 4.36. The Labute approximate surface area is 143 Å². The Morgan fingerprint density at radius 1 is 1.17 bits per heavy atom. The van der Waals surface area contributed by atoms with Crippen molar-refractivity contribution in [1.29, 1.82) is 0 Å². The number of fused-ring (bicyclic) bond motifs is 2. The number of hydrogen-bond acceptors (Lipinski definition) is 3. The maximum atomic E-state index is 10.1. The van der Waals surface area contributed by atoms with E-state index in [0.29, 0.717) is 5.92 Å². The lowest BCUT2D eigenvalue weighted by Gasteiger charge is -2.49. The Balaban J connectivity index is 0.000000400. The largest absolute Gasteiger partial charge is 0.509 e. The van der Waals surface area contributed by atoms with E-state index in [0.717, 1.165) is 19.3 Å². The average Bonchev–Trinajstić information content (AvgIpc) is 3.37. The molecule has 0 saturated heterocycles. The monoisotopic (exact) mass is 326 g/mol. The quantitative estimate of drug-likeness (QED) is 0.517. The highest BCUT2D eigenvalue weighted by molar-refractivity contribution is 5.00. The van der Waals surface area contributed by atoms with Crippen molar-refractivity contribution in [3.8, 4) is 0 Å². The standard InChI is InChI=1S/C11H20O2.C4H6O.C3H6.C2H6/c1-10(12)6-9-4-3-5-11(7-9,8-10)13-2;1-3-4(2)5;1-2-3-1;1-2/h9,12H,3-8H2,1-2H3;3,5H,1-2H2;1-3H2;1-2H3. The summed E-state index contributed by atoms with van der Waals surface area (Å²) in [5.74, 6) is 0.711. The first-order valence-corrected chi connectivity index (χ1v) is 9.10. The van der Waals surface area contributed by atoms with Crippen LogP contribution in [0.25, 0.3) is 0 Å². The number of hydrogen-bond donors (Lipinski definition) is 2. The van der Waals surface area contributed by atoms with Crippen molar-refractivity contribution in [2.45, 2.75) is 89.8 Å². The van der Waals surface area contributed by atoms with E-state index in [-0.39, 0.29) is 11.4 Å². The van der Waals surface area contributed by atoms with Gasteiger partial charge in [0.15, 0.2) is 0 Å². The van der Waals surface area contributed by atoms with Gasteiger partial charge in [-0.25, -0.2) is 0 Å². The molecule has 0 aromatic rings. The molecule has 3 nitrogen and oxygen atoms in total. The summed E-state index contributed by atoms with van der Waals surface area (Å²) >= 11 is 0. The fourth-order valence-corrected chi connectivity index (χ4v) is 3.42. The molecule has 136 valence electrons. The highest BCUT2D eigenvalue weighted by Crippen LogP contribution is 2.48. The molecule has 3 rings (SSSR count). The maximum Gasteiger partial charge on any atom is 0.107 e. The number of methoxy groups -OCH3 is 1. The molecule has 2 bridgehead atoms. The molecule has 3 unspecified atom stereocenters. The molecule has 0 heterocycles. The van der Waals surface area contributed by atoms with Gasteiger partial charge in [-0.3, -0.25) is 0 Å². The van der Waals surface area contributed by atoms with Crippen molar-refractivity contribution >= 4 is 0 Å².